The summed E-state index contributed by atoms with van der Waals surface area (Å²) >= 11 is 0. The minimum absolute atomic E-state index is 0.628. The first kappa shape index (κ1) is 19.9. The smallest absolute Gasteiger partial charge is 0.0620 e. The summed E-state index contributed by atoms with van der Waals surface area (Å²) in [4.78, 5) is 0. The normalized spacial score (nSPS) is 18.3. The third-order valence-corrected chi connectivity index (χ3v) is 4.20. The van der Waals surface area contributed by atoms with Crippen molar-refractivity contribution >= 4 is 0 Å². The number of rotatable bonds is 11. The highest BCUT2D eigenvalue weighted by Crippen LogP contribution is 2.28. The zero-order valence-corrected chi connectivity index (χ0v) is 14.7. The van der Waals surface area contributed by atoms with Crippen LogP contribution in [0.5, 0.6) is 0 Å². The van der Waals surface area contributed by atoms with Crippen molar-refractivity contribution in [2.75, 3.05) is 0 Å². The van der Waals surface area contributed by atoms with Gasteiger partial charge in [0.2, 0.25) is 0 Å². The Morgan fingerprint density at radius 1 is 0.650 bits per heavy atom. The summed E-state index contributed by atoms with van der Waals surface area (Å²) in [6.07, 6.45) is 7.54. The van der Waals surface area contributed by atoms with Crippen molar-refractivity contribution in [2.45, 2.75) is 104 Å². The molecule has 0 aliphatic heterocycles. The van der Waals surface area contributed by atoms with Gasteiger partial charge in [-0.25, -0.2) is 0 Å². The zero-order valence-electron chi connectivity index (χ0n) is 14.7. The Bertz CT molecular complexity index is 216. The monoisotopic (exact) mass is 286 g/mol. The maximum atomic E-state index is 10.4. The van der Waals surface area contributed by atoms with Crippen LogP contribution in [0.25, 0.3) is 0 Å². The average molecular weight is 286 g/mol. The van der Waals surface area contributed by atoms with Gasteiger partial charge >= 0.3 is 0 Å². The third kappa shape index (κ3) is 11.7. The van der Waals surface area contributed by atoms with Gasteiger partial charge in [0.05, 0.1) is 11.2 Å². The fraction of sp³-hybridized carbons (Fsp3) is 1.00. The van der Waals surface area contributed by atoms with Crippen molar-refractivity contribution in [2.24, 2.45) is 11.8 Å². The molecule has 122 valence electrons. The average Bonchev–Trinajstić information content (AvgIpc) is 2.25. The molecular weight excluding hydrogens is 248 g/mol. The SMILES string of the molecule is CC(C)CCCC(C)(O)CCC(C)(O)CCCC(C)C. The van der Waals surface area contributed by atoms with E-state index in [-0.39, 0.29) is 0 Å². The quantitative estimate of drug-likeness (QED) is 0.566. The Kier molecular flexibility index (Phi) is 9.01. The van der Waals surface area contributed by atoms with Crippen LogP contribution in [0.4, 0.5) is 0 Å². The summed E-state index contributed by atoms with van der Waals surface area (Å²) in [5, 5.41) is 20.8. The van der Waals surface area contributed by atoms with Gasteiger partial charge < -0.3 is 10.2 Å². The number of hydrogen-bond acceptors (Lipinski definition) is 2. The van der Waals surface area contributed by atoms with Crippen LogP contribution in [-0.4, -0.2) is 21.4 Å². The third-order valence-electron chi connectivity index (χ3n) is 4.20. The molecule has 0 aliphatic rings. The Labute approximate surface area is 127 Å². The first-order chi connectivity index (χ1) is 9.04. The fourth-order valence-corrected chi connectivity index (χ4v) is 2.57. The van der Waals surface area contributed by atoms with Crippen LogP contribution in [0.1, 0.15) is 92.9 Å². The van der Waals surface area contributed by atoms with E-state index in [2.05, 4.69) is 27.7 Å². The Hall–Kier alpha value is -0.0800. The zero-order chi connectivity index (χ0) is 15.8. The molecule has 0 aliphatic carbocycles. The molecule has 0 bridgehead atoms. The van der Waals surface area contributed by atoms with E-state index in [4.69, 9.17) is 0 Å². The molecule has 2 nitrogen and oxygen atoms in total. The van der Waals surface area contributed by atoms with Gasteiger partial charge in [-0.2, -0.15) is 0 Å². The van der Waals surface area contributed by atoms with Gasteiger partial charge in [0.15, 0.2) is 0 Å². The lowest BCUT2D eigenvalue weighted by Gasteiger charge is -2.30. The van der Waals surface area contributed by atoms with Crippen LogP contribution < -0.4 is 0 Å². The second-order valence-electron chi connectivity index (χ2n) is 8.07. The second kappa shape index (κ2) is 9.04. The summed E-state index contributed by atoms with van der Waals surface area (Å²) in [5.74, 6) is 1.40. The molecule has 0 heterocycles. The lowest BCUT2D eigenvalue weighted by molar-refractivity contribution is -0.0135. The van der Waals surface area contributed by atoms with Crippen molar-refractivity contribution in [3.63, 3.8) is 0 Å². The molecule has 0 radical (unpaired) electrons. The van der Waals surface area contributed by atoms with Crippen LogP contribution in [-0.2, 0) is 0 Å². The Morgan fingerprint density at radius 3 is 1.20 bits per heavy atom. The van der Waals surface area contributed by atoms with E-state index < -0.39 is 11.2 Å². The maximum Gasteiger partial charge on any atom is 0.0620 e. The molecule has 0 saturated carbocycles. The van der Waals surface area contributed by atoms with Crippen LogP contribution in [0.3, 0.4) is 0 Å². The van der Waals surface area contributed by atoms with Gasteiger partial charge in [-0.1, -0.05) is 53.4 Å². The van der Waals surface area contributed by atoms with Crippen LogP contribution in [0.15, 0.2) is 0 Å². The number of hydrogen-bond donors (Lipinski definition) is 2. The Morgan fingerprint density at radius 2 is 0.950 bits per heavy atom. The van der Waals surface area contributed by atoms with Crippen molar-refractivity contribution in [3.8, 4) is 0 Å². The predicted octanol–water partition coefficient (Wildman–Crippen LogP) is 4.92. The molecule has 20 heavy (non-hydrogen) atoms. The fourth-order valence-electron chi connectivity index (χ4n) is 2.57. The molecule has 0 spiro atoms. The molecule has 2 heteroatoms. The van der Waals surface area contributed by atoms with Gasteiger partial charge in [0.25, 0.3) is 0 Å². The van der Waals surface area contributed by atoms with Crippen molar-refractivity contribution in [3.05, 3.63) is 0 Å². The summed E-state index contributed by atoms with van der Waals surface area (Å²) in [6, 6.07) is 0. The van der Waals surface area contributed by atoms with Gasteiger partial charge in [0.1, 0.15) is 0 Å². The lowest BCUT2D eigenvalue weighted by atomic mass is 9.85. The van der Waals surface area contributed by atoms with E-state index in [0.29, 0.717) is 24.7 Å². The molecule has 0 aromatic carbocycles. The standard InChI is InChI=1S/C18H38O2/c1-15(2)9-7-11-17(5,19)13-14-18(6,20)12-8-10-16(3)4/h15-16,19-20H,7-14H2,1-6H3. The van der Waals surface area contributed by atoms with Gasteiger partial charge in [-0.15, -0.1) is 0 Å². The summed E-state index contributed by atoms with van der Waals surface area (Å²) in [5.41, 5.74) is -1.26. The highest BCUT2D eigenvalue weighted by Gasteiger charge is 2.26. The van der Waals surface area contributed by atoms with Gasteiger partial charge in [-0.05, 0) is 51.4 Å². The molecule has 0 fully saturated rings. The van der Waals surface area contributed by atoms with Crippen LogP contribution >= 0.6 is 0 Å². The highest BCUT2D eigenvalue weighted by molar-refractivity contribution is 4.80. The second-order valence-corrected chi connectivity index (χ2v) is 8.07. The molecule has 0 aromatic rings. The van der Waals surface area contributed by atoms with E-state index in [9.17, 15) is 10.2 Å². The van der Waals surface area contributed by atoms with Crippen molar-refractivity contribution in [1.82, 2.24) is 0 Å². The van der Waals surface area contributed by atoms with Crippen molar-refractivity contribution < 1.29 is 10.2 Å². The molecule has 2 unspecified atom stereocenters. The van der Waals surface area contributed by atoms with E-state index >= 15 is 0 Å². The van der Waals surface area contributed by atoms with E-state index in [0.717, 1.165) is 25.7 Å². The molecular formula is C18H38O2. The summed E-state index contributed by atoms with van der Waals surface area (Å²) < 4.78 is 0. The predicted molar refractivity (Wildman–Crippen MR) is 87.9 cm³/mol. The molecule has 0 rings (SSSR count). The molecule has 0 aromatic heterocycles. The van der Waals surface area contributed by atoms with Crippen molar-refractivity contribution in [1.29, 1.82) is 0 Å². The lowest BCUT2D eigenvalue weighted by Crippen LogP contribution is -2.31. The van der Waals surface area contributed by atoms with Gasteiger partial charge in [0, 0.05) is 0 Å². The molecule has 0 saturated heterocycles. The minimum atomic E-state index is -0.628. The van der Waals surface area contributed by atoms with Gasteiger partial charge in [-0.3, -0.25) is 0 Å². The molecule has 0 amide bonds. The van der Waals surface area contributed by atoms with Crippen LogP contribution in [0.2, 0.25) is 0 Å². The van der Waals surface area contributed by atoms with E-state index in [1.54, 1.807) is 0 Å². The minimum Gasteiger partial charge on any atom is -0.390 e. The Balaban J connectivity index is 3.96. The maximum absolute atomic E-state index is 10.4. The molecule has 2 atom stereocenters. The van der Waals surface area contributed by atoms with Crippen LogP contribution in [0, 0.1) is 11.8 Å². The van der Waals surface area contributed by atoms with E-state index in [1.165, 1.54) is 12.8 Å². The first-order valence-corrected chi connectivity index (χ1v) is 8.49. The topological polar surface area (TPSA) is 40.5 Å². The molecule has 2 N–H and O–H groups in total. The summed E-state index contributed by atoms with van der Waals surface area (Å²) in [6.45, 7) is 12.7. The largest absolute Gasteiger partial charge is 0.390 e. The summed E-state index contributed by atoms with van der Waals surface area (Å²) in [7, 11) is 0. The number of aliphatic hydroxyl groups is 2. The van der Waals surface area contributed by atoms with E-state index in [1.807, 2.05) is 13.8 Å². The first-order valence-electron chi connectivity index (χ1n) is 8.49. The highest BCUT2D eigenvalue weighted by atomic mass is 16.3.